The SMILES string of the molecule is CCN(C1CCCNC1)S(=O)(=O)C1CCS(=O)(=O)C1. The van der Waals surface area contributed by atoms with Crippen molar-refractivity contribution in [3.63, 3.8) is 0 Å². The molecule has 2 aliphatic rings. The lowest BCUT2D eigenvalue weighted by molar-refractivity contribution is 0.272. The molecular formula is C11H22N2O4S2. The number of hydrogen-bond donors (Lipinski definition) is 1. The molecule has 0 bridgehead atoms. The maximum absolute atomic E-state index is 12.6. The predicted molar refractivity (Wildman–Crippen MR) is 74.3 cm³/mol. The van der Waals surface area contributed by atoms with Crippen LogP contribution >= 0.6 is 0 Å². The molecule has 19 heavy (non-hydrogen) atoms. The summed E-state index contributed by atoms with van der Waals surface area (Å²) in [6.07, 6.45) is 2.04. The van der Waals surface area contributed by atoms with Gasteiger partial charge in [-0.3, -0.25) is 0 Å². The Morgan fingerprint density at radius 3 is 2.53 bits per heavy atom. The first-order valence-corrected chi connectivity index (χ1v) is 10.1. The molecule has 0 aliphatic carbocycles. The number of piperidine rings is 1. The van der Waals surface area contributed by atoms with Gasteiger partial charge in [-0.05, 0) is 25.8 Å². The van der Waals surface area contributed by atoms with Crippen molar-refractivity contribution in [1.82, 2.24) is 9.62 Å². The normalized spacial score (nSPS) is 31.7. The van der Waals surface area contributed by atoms with Gasteiger partial charge in [0, 0.05) is 19.1 Å². The Morgan fingerprint density at radius 2 is 2.05 bits per heavy atom. The van der Waals surface area contributed by atoms with Gasteiger partial charge in [0.1, 0.15) is 0 Å². The second kappa shape index (κ2) is 5.67. The molecule has 2 saturated heterocycles. The monoisotopic (exact) mass is 310 g/mol. The van der Waals surface area contributed by atoms with Crippen molar-refractivity contribution in [2.24, 2.45) is 0 Å². The van der Waals surface area contributed by atoms with E-state index in [1.54, 1.807) is 0 Å². The van der Waals surface area contributed by atoms with Crippen LogP contribution < -0.4 is 5.32 Å². The Balaban J connectivity index is 2.16. The summed E-state index contributed by atoms with van der Waals surface area (Å²) in [6.45, 7) is 3.80. The average Bonchev–Trinajstić information content (AvgIpc) is 2.72. The molecule has 0 amide bonds. The van der Waals surface area contributed by atoms with Crippen molar-refractivity contribution in [3.8, 4) is 0 Å². The molecule has 0 radical (unpaired) electrons. The van der Waals surface area contributed by atoms with Crippen LogP contribution in [0.3, 0.4) is 0 Å². The summed E-state index contributed by atoms with van der Waals surface area (Å²) in [6, 6.07) is -0.0351. The first-order chi connectivity index (χ1) is 8.87. The van der Waals surface area contributed by atoms with Crippen LogP contribution in [0.5, 0.6) is 0 Å². The molecular weight excluding hydrogens is 288 g/mol. The largest absolute Gasteiger partial charge is 0.315 e. The number of nitrogens with zero attached hydrogens (tertiary/aromatic N) is 1. The minimum atomic E-state index is -3.51. The van der Waals surface area contributed by atoms with E-state index in [1.807, 2.05) is 6.92 Å². The Morgan fingerprint density at radius 1 is 1.32 bits per heavy atom. The fraction of sp³-hybridized carbons (Fsp3) is 1.00. The summed E-state index contributed by atoms with van der Waals surface area (Å²) in [5.74, 6) is -0.219. The van der Waals surface area contributed by atoms with Crippen LogP contribution in [-0.2, 0) is 19.9 Å². The summed E-state index contributed by atoms with van der Waals surface area (Å²) < 4.78 is 49.6. The third kappa shape index (κ3) is 3.29. The molecule has 2 unspecified atom stereocenters. The minimum Gasteiger partial charge on any atom is -0.315 e. The van der Waals surface area contributed by atoms with Gasteiger partial charge < -0.3 is 5.32 Å². The van der Waals surface area contributed by atoms with Crippen molar-refractivity contribution >= 4 is 19.9 Å². The summed E-state index contributed by atoms with van der Waals surface area (Å²) in [7, 11) is -6.68. The zero-order valence-corrected chi connectivity index (χ0v) is 12.8. The highest BCUT2D eigenvalue weighted by atomic mass is 32.2. The van der Waals surface area contributed by atoms with Crippen LogP contribution in [0.4, 0.5) is 0 Å². The third-order valence-electron chi connectivity index (χ3n) is 3.93. The lowest BCUT2D eigenvalue weighted by Gasteiger charge is -2.34. The maximum Gasteiger partial charge on any atom is 0.218 e. The predicted octanol–water partition coefficient (Wildman–Crippen LogP) is -0.423. The van der Waals surface area contributed by atoms with Gasteiger partial charge in [0.05, 0.1) is 16.8 Å². The van der Waals surface area contributed by atoms with E-state index in [1.165, 1.54) is 4.31 Å². The van der Waals surface area contributed by atoms with Crippen molar-refractivity contribution in [1.29, 1.82) is 0 Å². The van der Waals surface area contributed by atoms with E-state index >= 15 is 0 Å². The van der Waals surface area contributed by atoms with Crippen LogP contribution in [0.25, 0.3) is 0 Å². The lowest BCUT2D eigenvalue weighted by Crippen LogP contribution is -2.51. The molecule has 0 spiro atoms. The van der Waals surface area contributed by atoms with Gasteiger partial charge >= 0.3 is 0 Å². The molecule has 0 aromatic heterocycles. The topological polar surface area (TPSA) is 83.6 Å². The summed E-state index contributed by atoms with van der Waals surface area (Å²) in [5.41, 5.74) is 0. The van der Waals surface area contributed by atoms with Crippen LogP contribution in [0, 0.1) is 0 Å². The first kappa shape index (κ1) is 15.2. The molecule has 2 heterocycles. The molecule has 1 N–H and O–H groups in total. The molecule has 0 saturated carbocycles. The van der Waals surface area contributed by atoms with E-state index in [-0.39, 0.29) is 24.0 Å². The fourth-order valence-electron chi connectivity index (χ4n) is 2.91. The van der Waals surface area contributed by atoms with Gasteiger partial charge in [-0.15, -0.1) is 0 Å². The summed E-state index contributed by atoms with van der Waals surface area (Å²) in [5, 5.41) is 2.45. The molecule has 0 aromatic rings. The number of hydrogen-bond acceptors (Lipinski definition) is 5. The highest BCUT2D eigenvalue weighted by molar-refractivity contribution is 7.95. The number of sulfone groups is 1. The van der Waals surface area contributed by atoms with Crippen LogP contribution in [0.15, 0.2) is 0 Å². The van der Waals surface area contributed by atoms with Crippen molar-refractivity contribution in [2.45, 2.75) is 37.5 Å². The summed E-state index contributed by atoms with van der Waals surface area (Å²) in [4.78, 5) is 0. The zero-order valence-electron chi connectivity index (χ0n) is 11.2. The first-order valence-electron chi connectivity index (χ1n) is 6.78. The lowest BCUT2D eigenvalue weighted by atomic mass is 10.1. The molecule has 8 heteroatoms. The number of sulfonamides is 1. The van der Waals surface area contributed by atoms with Gasteiger partial charge in [0.15, 0.2) is 9.84 Å². The minimum absolute atomic E-state index is 0.00261. The Hall–Kier alpha value is -0.180. The van der Waals surface area contributed by atoms with Crippen molar-refractivity contribution in [3.05, 3.63) is 0 Å². The summed E-state index contributed by atoms with van der Waals surface area (Å²) >= 11 is 0. The Bertz CT molecular complexity index is 509. The van der Waals surface area contributed by atoms with E-state index in [0.29, 0.717) is 13.1 Å². The highest BCUT2D eigenvalue weighted by Crippen LogP contribution is 2.25. The molecule has 2 aliphatic heterocycles. The van der Waals surface area contributed by atoms with Crippen LogP contribution in [-0.4, -0.2) is 63.6 Å². The van der Waals surface area contributed by atoms with Gasteiger partial charge in [0.2, 0.25) is 10.0 Å². The number of rotatable bonds is 4. The van der Waals surface area contributed by atoms with Crippen molar-refractivity contribution < 1.29 is 16.8 Å². The Labute approximate surface area is 115 Å². The van der Waals surface area contributed by atoms with Crippen LogP contribution in [0.2, 0.25) is 0 Å². The van der Waals surface area contributed by atoms with E-state index in [9.17, 15) is 16.8 Å². The Kier molecular flexibility index (Phi) is 4.54. The van der Waals surface area contributed by atoms with Crippen molar-refractivity contribution in [2.75, 3.05) is 31.1 Å². The molecule has 2 rings (SSSR count). The molecule has 0 aromatic carbocycles. The fourth-order valence-corrected chi connectivity index (χ4v) is 7.67. The molecule has 112 valence electrons. The smallest absolute Gasteiger partial charge is 0.218 e. The van der Waals surface area contributed by atoms with Gasteiger partial charge in [-0.25, -0.2) is 16.8 Å². The molecule has 6 nitrogen and oxygen atoms in total. The van der Waals surface area contributed by atoms with Gasteiger partial charge in [-0.1, -0.05) is 6.92 Å². The van der Waals surface area contributed by atoms with E-state index in [2.05, 4.69) is 5.32 Å². The second-order valence-electron chi connectivity index (χ2n) is 5.27. The van der Waals surface area contributed by atoms with E-state index in [0.717, 1.165) is 19.4 Å². The number of likely N-dealkylation sites (N-methyl/N-ethyl adjacent to an activating group) is 1. The number of nitrogens with one attached hydrogen (secondary N) is 1. The molecule has 2 fully saturated rings. The standard InChI is InChI=1S/C11H22N2O4S2/c1-2-13(10-4-3-6-12-8-10)19(16,17)11-5-7-18(14,15)9-11/h10-12H,2-9H2,1H3. The van der Waals surface area contributed by atoms with Gasteiger partial charge in [-0.2, -0.15) is 4.31 Å². The van der Waals surface area contributed by atoms with E-state index in [4.69, 9.17) is 0 Å². The quantitative estimate of drug-likeness (QED) is 0.762. The maximum atomic E-state index is 12.6. The zero-order chi connectivity index (χ0) is 14.1. The average molecular weight is 310 g/mol. The van der Waals surface area contributed by atoms with E-state index < -0.39 is 25.1 Å². The third-order valence-corrected chi connectivity index (χ3v) is 8.36. The van der Waals surface area contributed by atoms with Gasteiger partial charge in [0.25, 0.3) is 0 Å². The highest BCUT2D eigenvalue weighted by Gasteiger charge is 2.42. The van der Waals surface area contributed by atoms with Crippen LogP contribution in [0.1, 0.15) is 26.2 Å². The second-order valence-corrected chi connectivity index (χ2v) is 9.67. The molecule has 2 atom stereocenters.